The highest BCUT2D eigenvalue weighted by atomic mass is 16.5. The van der Waals surface area contributed by atoms with Gasteiger partial charge in [-0.25, -0.2) is 0 Å². The van der Waals surface area contributed by atoms with Crippen molar-refractivity contribution in [3.05, 3.63) is 59.9 Å². The molecule has 0 amide bonds. The van der Waals surface area contributed by atoms with E-state index in [1.165, 1.54) is 0 Å². The molecule has 1 unspecified atom stereocenters. The average molecular weight is 317 g/mol. The van der Waals surface area contributed by atoms with Crippen LogP contribution in [-0.2, 0) is 9.16 Å². The zero-order chi connectivity index (χ0) is 16.7. The predicted octanol–water partition coefficient (Wildman–Crippen LogP) is 2.20. The Labute approximate surface area is 135 Å². The molecule has 0 saturated carbocycles. The quantitative estimate of drug-likeness (QED) is 0.817. The van der Waals surface area contributed by atoms with Gasteiger partial charge in [0, 0.05) is 6.08 Å². The minimum atomic E-state index is -0.510. The molecule has 0 spiro atoms. The summed E-state index contributed by atoms with van der Waals surface area (Å²) in [7, 11) is 4.74. The van der Waals surface area contributed by atoms with E-state index in [2.05, 4.69) is 0 Å². The van der Waals surface area contributed by atoms with Crippen LogP contribution in [0.15, 0.2) is 59.9 Å². The van der Waals surface area contributed by atoms with Crippen molar-refractivity contribution >= 4 is 5.78 Å². The molecule has 0 saturated heterocycles. The predicted molar refractivity (Wildman–Crippen MR) is 87.7 cm³/mol. The van der Waals surface area contributed by atoms with E-state index in [4.69, 9.17) is 18.6 Å². The molecule has 0 radical (unpaired) electrons. The van der Waals surface area contributed by atoms with Crippen molar-refractivity contribution in [3.8, 4) is 11.5 Å². The molecule has 1 aliphatic rings. The van der Waals surface area contributed by atoms with E-state index >= 15 is 0 Å². The SMILES string of the molecule is COC1=C/C(=C/C(CO)Oc2ccccc2OC)C=CC1=[O+]C. The van der Waals surface area contributed by atoms with Gasteiger partial charge in [0.15, 0.2) is 11.5 Å². The minimum Gasteiger partial charge on any atom is -0.493 e. The van der Waals surface area contributed by atoms with Crippen molar-refractivity contribution < 1.29 is 23.7 Å². The summed E-state index contributed by atoms with van der Waals surface area (Å²) in [5.41, 5.74) is 0.858. The molecule has 1 aliphatic carbocycles. The first-order chi connectivity index (χ1) is 11.2. The Hall–Kier alpha value is -2.53. The maximum absolute atomic E-state index is 9.59. The number of aliphatic hydroxyl groups excluding tert-OH is 1. The highest BCUT2D eigenvalue weighted by Crippen LogP contribution is 2.27. The van der Waals surface area contributed by atoms with Crippen LogP contribution in [-0.4, -0.2) is 44.9 Å². The third kappa shape index (κ3) is 4.23. The van der Waals surface area contributed by atoms with Crippen LogP contribution >= 0.6 is 0 Å². The highest BCUT2D eigenvalue weighted by Gasteiger charge is 2.20. The molecule has 0 heterocycles. The first-order valence-corrected chi connectivity index (χ1v) is 7.19. The number of allylic oxidation sites excluding steroid dienone is 4. The Morgan fingerprint density at radius 1 is 1.13 bits per heavy atom. The van der Waals surface area contributed by atoms with Crippen molar-refractivity contribution in [2.75, 3.05) is 27.9 Å². The van der Waals surface area contributed by atoms with Crippen LogP contribution in [0.1, 0.15) is 0 Å². The van der Waals surface area contributed by atoms with E-state index in [0.717, 1.165) is 5.57 Å². The second-order valence-corrected chi connectivity index (χ2v) is 4.77. The van der Waals surface area contributed by atoms with Gasteiger partial charge in [-0.15, -0.1) is 0 Å². The van der Waals surface area contributed by atoms with Crippen molar-refractivity contribution in [2.24, 2.45) is 0 Å². The topological polar surface area (TPSA) is 59.2 Å². The maximum Gasteiger partial charge on any atom is 0.384 e. The van der Waals surface area contributed by atoms with E-state index in [1.807, 2.05) is 36.4 Å². The van der Waals surface area contributed by atoms with E-state index in [0.29, 0.717) is 23.0 Å². The fourth-order valence-electron chi connectivity index (χ4n) is 2.17. The van der Waals surface area contributed by atoms with Gasteiger partial charge >= 0.3 is 5.78 Å². The molecule has 0 aromatic heterocycles. The fourth-order valence-corrected chi connectivity index (χ4v) is 2.17. The number of rotatable bonds is 6. The Bertz CT molecular complexity index is 655. The molecule has 2 rings (SSSR count). The minimum absolute atomic E-state index is 0.160. The number of aliphatic hydroxyl groups is 1. The number of ether oxygens (including phenoxy) is 3. The molecule has 0 aliphatic heterocycles. The number of ketones is 1. The largest absolute Gasteiger partial charge is 0.493 e. The molecular weight excluding hydrogens is 296 g/mol. The standard InChI is InChI=1S/C18H21O5/c1-20-15-6-4-5-7-17(15)23-14(12-19)10-13-8-9-16(21-2)18(11-13)22-3/h4-11,14,19H,12H2,1-3H3/q+1/b13-10+. The van der Waals surface area contributed by atoms with Crippen LogP contribution in [0.2, 0.25) is 0 Å². The summed E-state index contributed by atoms with van der Waals surface area (Å²) < 4.78 is 21.6. The lowest BCUT2D eigenvalue weighted by atomic mass is 10.1. The molecule has 1 aromatic rings. The summed E-state index contributed by atoms with van der Waals surface area (Å²) in [5, 5.41) is 9.59. The van der Waals surface area contributed by atoms with Gasteiger partial charge in [-0.2, -0.15) is 0 Å². The lowest BCUT2D eigenvalue weighted by Crippen LogP contribution is -2.19. The van der Waals surface area contributed by atoms with E-state index in [1.54, 1.807) is 33.5 Å². The molecule has 0 bridgehead atoms. The molecule has 5 heteroatoms. The number of benzene rings is 1. The van der Waals surface area contributed by atoms with E-state index in [9.17, 15) is 5.11 Å². The molecule has 1 atom stereocenters. The van der Waals surface area contributed by atoms with Gasteiger partial charge in [0.1, 0.15) is 6.10 Å². The van der Waals surface area contributed by atoms with Crippen molar-refractivity contribution in [1.82, 2.24) is 0 Å². The summed E-state index contributed by atoms with van der Waals surface area (Å²) >= 11 is 0. The van der Waals surface area contributed by atoms with E-state index in [-0.39, 0.29) is 6.61 Å². The van der Waals surface area contributed by atoms with Crippen LogP contribution in [0.5, 0.6) is 11.5 Å². The van der Waals surface area contributed by atoms with Gasteiger partial charge in [0.2, 0.25) is 5.76 Å². The summed E-state index contributed by atoms with van der Waals surface area (Å²) in [4.78, 5) is 0. The summed E-state index contributed by atoms with van der Waals surface area (Å²) in [6.07, 6.45) is 6.81. The molecule has 122 valence electrons. The highest BCUT2D eigenvalue weighted by molar-refractivity contribution is 6.04. The van der Waals surface area contributed by atoms with Crippen molar-refractivity contribution in [2.45, 2.75) is 6.10 Å². The number of para-hydroxylation sites is 2. The number of hydrogen-bond donors (Lipinski definition) is 1. The third-order valence-corrected chi connectivity index (χ3v) is 3.31. The Balaban J connectivity index is 2.20. The van der Waals surface area contributed by atoms with Gasteiger partial charge in [0.05, 0.1) is 20.8 Å². The Morgan fingerprint density at radius 2 is 1.87 bits per heavy atom. The second-order valence-electron chi connectivity index (χ2n) is 4.77. The van der Waals surface area contributed by atoms with Crippen LogP contribution < -0.4 is 9.47 Å². The third-order valence-electron chi connectivity index (χ3n) is 3.31. The summed E-state index contributed by atoms with van der Waals surface area (Å²) in [5.74, 6) is 2.46. The van der Waals surface area contributed by atoms with Crippen LogP contribution in [0, 0.1) is 0 Å². The summed E-state index contributed by atoms with van der Waals surface area (Å²) in [6.45, 7) is -0.160. The molecule has 0 fully saturated rings. The molecule has 5 nitrogen and oxygen atoms in total. The normalized spacial score (nSPS) is 18.7. The van der Waals surface area contributed by atoms with Gasteiger partial charge in [-0.05, 0) is 35.9 Å². The molecule has 1 aromatic carbocycles. The lowest BCUT2D eigenvalue weighted by molar-refractivity contribution is -0.419. The Kier molecular flexibility index (Phi) is 6.00. The van der Waals surface area contributed by atoms with Crippen molar-refractivity contribution in [3.63, 3.8) is 0 Å². The molecule has 1 N–H and O–H groups in total. The zero-order valence-corrected chi connectivity index (χ0v) is 13.5. The molecule has 23 heavy (non-hydrogen) atoms. The Morgan fingerprint density at radius 3 is 2.48 bits per heavy atom. The molecular formula is C18H21O5+. The van der Waals surface area contributed by atoms with Gasteiger partial charge in [-0.3, -0.25) is 4.42 Å². The van der Waals surface area contributed by atoms with Gasteiger partial charge in [0.25, 0.3) is 7.11 Å². The monoisotopic (exact) mass is 317 g/mol. The van der Waals surface area contributed by atoms with Crippen LogP contribution in [0.25, 0.3) is 0 Å². The number of carbonyl (C=O) groups excluding carboxylic acids is 1. The first-order valence-electron chi connectivity index (χ1n) is 7.19. The number of methoxy groups -OCH3 is 2. The smallest absolute Gasteiger partial charge is 0.384 e. The average Bonchev–Trinajstić information content (AvgIpc) is 2.61. The summed E-state index contributed by atoms with van der Waals surface area (Å²) in [6, 6.07) is 7.31. The van der Waals surface area contributed by atoms with Crippen molar-refractivity contribution in [1.29, 1.82) is 0 Å². The van der Waals surface area contributed by atoms with Crippen LogP contribution in [0.4, 0.5) is 0 Å². The van der Waals surface area contributed by atoms with E-state index < -0.39 is 6.10 Å². The van der Waals surface area contributed by atoms with Gasteiger partial charge in [-0.1, -0.05) is 12.1 Å². The van der Waals surface area contributed by atoms with Gasteiger partial charge < -0.3 is 19.3 Å². The number of hydrogen-bond acceptors (Lipinski definition) is 4. The zero-order valence-electron chi connectivity index (χ0n) is 13.5. The first kappa shape index (κ1) is 16.8. The second kappa shape index (κ2) is 8.19. The maximum atomic E-state index is 9.59. The van der Waals surface area contributed by atoms with Crippen LogP contribution in [0.3, 0.4) is 0 Å². The fraction of sp³-hybridized carbons (Fsp3) is 0.278. The lowest BCUT2D eigenvalue weighted by Gasteiger charge is -2.16.